The Morgan fingerprint density at radius 1 is 1.07 bits per heavy atom. The molecule has 0 saturated heterocycles. The Hall–Kier alpha value is -0.490. The van der Waals surface area contributed by atoms with Gasteiger partial charge in [0.05, 0.1) is 0 Å². The van der Waals surface area contributed by atoms with Crippen LogP contribution in [0.3, 0.4) is 0 Å². The lowest BCUT2D eigenvalue weighted by Gasteiger charge is -2.12. The predicted octanol–water partition coefficient (Wildman–Crippen LogP) is 4.03. The lowest BCUT2D eigenvalue weighted by atomic mass is 9.94. The standard InChI is InChI=1S/C13H19Cl/c1-9(8-14)5-13-7-11(3)10(2)6-12(13)4/h6-7,9H,5,8H2,1-4H3. The Balaban J connectivity index is 2.92. The minimum absolute atomic E-state index is 0.567. The summed E-state index contributed by atoms with van der Waals surface area (Å²) in [6.07, 6.45) is 1.09. The van der Waals surface area contributed by atoms with Crippen molar-refractivity contribution in [1.29, 1.82) is 0 Å². The van der Waals surface area contributed by atoms with Gasteiger partial charge >= 0.3 is 0 Å². The van der Waals surface area contributed by atoms with Gasteiger partial charge in [0.15, 0.2) is 0 Å². The minimum Gasteiger partial charge on any atom is -0.126 e. The number of hydrogen-bond acceptors (Lipinski definition) is 0. The maximum absolute atomic E-state index is 5.83. The Kier molecular flexibility index (Phi) is 4.00. The Labute approximate surface area is 92.3 Å². The van der Waals surface area contributed by atoms with E-state index < -0.39 is 0 Å². The summed E-state index contributed by atoms with van der Waals surface area (Å²) in [5.74, 6) is 1.31. The van der Waals surface area contributed by atoms with Crippen LogP contribution in [-0.2, 0) is 6.42 Å². The Bertz CT molecular complexity index is 315. The lowest BCUT2D eigenvalue weighted by molar-refractivity contribution is 0.652. The number of rotatable bonds is 3. The molecule has 0 aliphatic carbocycles. The molecule has 1 aromatic rings. The molecule has 1 rings (SSSR count). The van der Waals surface area contributed by atoms with E-state index in [0.717, 1.165) is 12.3 Å². The Morgan fingerprint density at radius 3 is 2.21 bits per heavy atom. The molecule has 0 amide bonds. The molecule has 0 heterocycles. The van der Waals surface area contributed by atoms with Gasteiger partial charge in [0.2, 0.25) is 0 Å². The summed E-state index contributed by atoms with van der Waals surface area (Å²) in [7, 11) is 0. The van der Waals surface area contributed by atoms with Crippen molar-refractivity contribution in [3.8, 4) is 0 Å². The van der Waals surface area contributed by atoms with Gasteiger partial charge in [-0.2, -0.15) is 0 Å². The van der Waals surface area contributed by atoms with Gasteiger partial charge in [-0.1, -0.05) is 19.1 Å². The number of benzene rings is 1. The van der Waals surface area contributed by atoms with E-state index in [2.05, 4.69) is 39.8 Å². The predicted molar refractivity (Wildman–Crippen MR) is 64.2 cm³/mol. The van der Waals surface area contributed by atoms with Gasteiger partial charge in [0.25, 0.3) is 0 Å². The second kappa shape index (κ2) is 4.84. The molecule has 1 heteroatoms. The fourth-order valence-electron chi connectivity index (χ4n) is 1.67. The third-order valence-corrected chi connectivity index (χ3v) is 3.31. The first-order valence-electron chi connectivity index (χ1n) is 5.17. The second-order valence-electron chi connectivity index (χ2n) is 4.33. The molecule has 0 aliphatic rings. The molecule has 14 heavy (non-hydrogen) atoms. The van der Waals surface area contributed by atoms with Gasteiger partial charge in [-0.05, 0) is 55.4 Å². The molecule has 0 N–H and O–H groups in total. The molecule has 0 bridgehead atoms. The van der Waals surface area contributed by atoms with Crippen molar-refractivity contribution in [1.82, 2.24) is 0 Å². The zero-order valence-electron chi connectivity index (χ0n) is 9.52. The fourth-order valence-corrected chi connectivity index (χ4v) is 1.78. The summed E-state index contributed by atoms with van der Waals surface area (Å²) in [6, 6.07) is 4.57. The van der Waals surface area contributed by atoms with Crippen LogP contribution >= 0.6 is 11.6 Å². The van der Waals surface area contributed by atoms with Gasteiger partial charge < -0.3 is 0 Å². The summed E-state index contributed by atoms with van der Waals surface area (Å²) in [6.45, 7) is 8.71. The van der Waals surface area contributed by atoms with Crippen LogP contribution in [0.1, 0.15) is 29.2 Å². The third-order valence-electron chi connectivity index (χ3n) is 2.78. The zero-order chi connectivity index (χ0) is 10.7. The third kappa shape index (κ3) is 2.75. The van der Waals surface area contributed by atoms with Gasteiger partial charge in [-0.3, -0.25) is 0 Å². The summed E-state index contributed by atoms with van der Waals surface area (Å²) in [4.78, 5) is 0. The van der Waals surface area contributed by atoms with E-state index in [1.165, 1.54) is 22.3 Å². The molecule has 0 spiro atoms. The van der Waals surface area contributed by atoms with E-state index in [9.17, 15) is 0 Å². The fraction of sp³-hybridized carbons (Fsp3) is 0.538. The highest BCUT2D eigenvalue weighted by molar-refractivity contribution is 6.18. The Morgan fingerprint density at radius 2 is 1.64 bits per heavy atom. The van der Waals surface area contributed by atoms with E-state index in [1.54, 1.807) is 0 Å². The highest BCUT2D eigenvalue weighted by Gasteiger charge is 2.06. The van der Waals surface area contributed by atoms with Crippen LogP contribution < -0.4 is 0 Å². The molecule has 1 aromatic carbocycles. The van der Waals surface area contributed by atoms with Crippen LogP contribution in [-0.4, -0.2) is 5.88 Å². The largest absolute Gasteiger partial charge is 0.126 e. The number of halogens is 1. The van der Waals surface area contributed by atoms with Gasteiger partial charge in [0, 0.05) is 5.88 Å². The molecule has 0 saturated carbocycles. The van der Waals surface area contributed by atoms with Crippen molar-refractivity contribution in [2.75, 3.05) is 5.88 Å². The molecule has 0 aromatic heterocycles. The van der Waals surface area contributed by atoms with Crippen molar-refractivity contribution in [3.63, 3.8) is 0 Å². The second-order valence-corrected chi connectivity index (χ2v) is 4.64. The van der Waals surface area contributed by atoms with E-state index >= 15 is 0 Å². The molecule has 0 nitrogen and oxygen atoms in total. The van der Waals surface area contributed by atoms with Crippen molar-refractivity contribution in [2.45, 2.75) is 34.1 Å². The lowest BCUT2D eigenvalue weighted by Crippen LogP contribution is -2.03. The maximum Gasteiger partial charge on any atom is 0.0252 e. The van der Waals surface area contributed by atoms with E-state index in [1.807, 2.05) is 0 Å². The summed E-state index contributed by atoms with van der Waals surface area (Å²) in [5, 5.41) is 0. The first-order valence-corrected chi connectivity index (χ1v) is 5.70. The van der Waals surface area contributed by atoms with Gasteiger partial charge in [0.1, 0.15) is 0 Å². The number of aryl methyl sites for hydroxylation is 3. The van der Waals surface area contributed by atoms with Crippen molar-refractivity contribution in [3.05, 3.63) is 34.4 Å². The van der Waals surface area contributed by atoms with E-state index in [4.69, 9.17) is 11.6 Å². The molecule has 78 valence electrons. The maximum atomic E-state index is 5.83. The quantitative estimate of drug-likeness (QED) is 0.661. The molecular formula is C13H19Cl. The topological polar surface area (TPSA) is 0 Å². The minimum atomic E-state index is 0.567. The van der Waals surface area contributed by atoms with Crippen LogP contribution in [0.5, 0.6) is 0 Å². The highest BCUT2D eigenvalue weighted by Crippen LogP contribution is 2.18. The van der Waals surface area contributed by atoms with Crippen LogP contribution in [0.25, 0.3) is 0 Å². The monoisotopic (exact) mass is 210 g/mol. The zero-order valence-corrected chi connectivity index (χ0v) is 10.3. The summed E-state index contributed by atoms with van der Waals surface area (Å²) < 4.78 is 0. The number of hydrogen-bond donors (Lipinski definition) is 0. The normalized spacial score (nSPS) is 12.9. The molecular weight excluding hydrogens is 192 g/mol. The highest BCUT2D eigenvalue weighted by atomic mass is 35.5. The average molecular weight is 211 g/mol. The smallest absolute Gasteiger partial charge is 0.0252 e. The van der Waals surface area contributed by atoms with Gasteiger partial charge in [-0.15, -0.1) is 11.6 Å². The average Bonchev–Trinajstić information content (AvgIpc) is 2.14. The number of alkyl halides is 1. The van der Waals surface area contributed by atoms with Crippen LogP contribution in [0.4, 0.5) is 0 Å². The molecule has 0 radical (unpaired) electrons. The van der Waals surface area contributed by atoms with Crippen molar-refractivity contribution >= 4 is 11.6 Å². The van der Waals surface area contributed by atoms with Crippen molar-refractivity contribution < 1.29 is 0 Å². The van der Waals surface area contributed by atoms with E-state index in [0.29, 0.717) is 5.92 Å². The summed E-state index contributed by atoms with van der Waals surface area (Å²) >= 11 is 5.83. The molecule has 0 fully saturated rings. The first kappa shape index (κ1) is 11.6. The first-order chi connectivity index (χ1) is 6.54. The molecule has 1 unspecified atom stereocenters. The summed E-state index contributed by atoms with van der Waals surface area (Å²) in [5.41, 5.74) is 5.60. The van der Waals surface area contributed by atoms with Crippen LogP contribution in [0.15, 0.2) is 12.1 Å². The van der Waals surface area contributed by atoms with Crippen LogP contribution in [0, 0.1) is 26.7 Å². The SMILES string of the molecule is Cc1cc(C)c(CC(C)CCl)cc1C. The van der Waals surface area contributed by atoms with E-state index in [-0.39, 0.29) is 0 Å². The van der Waals surface area contributed by atoms with Crippen LogP contribution in [0.2, 0.25) is 0 Å². The molecule has 0 aliphatic heterocycles. The van der Waals surface area contributed by atoms with Gasteiger partial charge in [-0.25, -0.2) is 0 Å². The van der Waals surface area contributed by atoms with Crippen molar-refractivity contribution in [2.24, 2.45) is 5.92 Å². The molecule has 1 atom stereocenters.